The van der Waals surface area contributed by atoms with Crippen molar-refractivity contribution >= 4 is 0 Å². The van der Waals surface area contributed by atoms with Crippen molar-refractivity contribution < 1.29 is 4.74 Å². The Hall–Kier alpha value is -6.44. The van der Waals surface area contributed by atoms with Crippen LogP contribution in [0.2, 0.25) is 0 Å². The summed E-state index contributed by atoms with van der Waals surface area (Å²) in [4.78, 5) is 10.2. The number of rotatable bonds is 24. The number of nitrogens with zero attached hydrogens (tertiary/aromatic N) is 4. The molecule has 144 heavy (non-hydrogen) atoms. The lowest BCUT2D eigenvalue weighted by atomic mass is 9.84. The van der Waals surface area contributed by atoms with Crippen LogP contribution >= 0.6 is 0 Å². The predicted octanol–water partition coefficient (Wildman–Crippen LogP) is 42.0. The lowest BCUT2D eigenvalue weighted by Gasteiger charge is -2.26. The van der Waals surface area contributed by atoms with Gasteiger partial charge in [-0.25, -0.2) is 0 Å². The Morgan fingerprint density at radius 2 is 0.354 bits per heavy atom. The minimum Gasteiger partial charge on any atom is -0.379 e. The summed E-state index contributed by atoms with van der Waals surface area (Å²) in [5, 5.41) is 0. The highest BCUT2D eigenvalue weighted by Crippen LogP contribution is 2.34. The van der Waals surface area contributed by atoms with Crippen molar-refractivity contribution in [1.82, 2.24) is 19.6 Å². The molecule has 8 fully saturated rings. The van der Waals surface area contributed by atoms with Crippen molar-refractivity contribution in [2.75, 3.05) is 65.6 Å². The molecule has 0 amide bonds. The molecule has 8 aromatic carbocycles. The van der Waals surface area contributed by atoms with Crippen molar-refractivity contribution in [3.63, 3.8) is 0 Å². The number of morpholine rings is 1. The van der Waals surface area contributed by atoms with E-state index in [0.29, 0.717) is 47.3 Å². The molecule has 4 aliphatic heterocycles. The van der Waals surface area contributed by atoms with Gasteiger partial charge in [0.05, 0.1) is 13.2 Å². The Morgan fingerprint density at radius 3 is 0.569 bits per heavy atom. The third kappa shape index (κ3) is 60.4. The van der Waals surface area contributed by atoms with Crippen molar-refractivity contribution in [1.29, 1.82) is 0 Å². The summed E-state index contributed by atoms with van der Waals surface area (Å²) in [6.45, 7) is 84.2. The maximum absolute atomic E-state index is 5.36. The lowest BCUT2D eigenvalue weighted by molar-refractivity contribution is 0.0342. The Bertz CT molecular complexity index is 3590. The largest absolute Gasteiger partial charge is 0.379 e. The zero-order valence-corrected chi connectivity index (χ0v) is 101. The molecule has 5 nitrogen and oxygen atoms in total. The second-order valence-electron chi connectivity index (χ2n) is 42.9. The maximum atomic E-state index is 5.36. The van der Waals surface area contributed by atoms with Crippen LogP contribution in [0.5, 0.6) is 0 Å². The molecular weight excluding hydrogens is 1740 g/mol. The highest BCUT2D eigenvalue weighted by Gasteiger charge is 2.21. The molecule has 0 atom stereocenters. The molecule has 0 unspecified atom stereocenters. The molecule has 4 aliphatic carbocycles. The van der Waals surface area contributed by atoms with Gasteiger partial charge in [0.25, 0.3) is 0 Å². The average molecular weight is 1980 g/mol. The summed E-state index contributed by atoms with van der Waals surface area (Å²) in [6.07, 6.45) is 46.8. The number of benzene rings is 8. The van der Waals surface area contributed by atoms with E-state index in [1.165, 1.54) is 329 Å². The molecule has 16 rings (SSSR count). The Balaban J connectivity index is 0.000000806. The van der Waals surface area contributed by atoms with Gasteiger partial charge in [-0.05, 0) is 264 Å². The minimum atomic E-state index is 0.615. The number of piperidine rings is 3. The Labute approximate surface area is 897 Å². The molecular formula is C139H234N4O. The summed E-state index contributed by atoms with van der Waals surface area (Å²) in [5.74, 6) is 8.99. The van der Waals surface area contributed by atoms with Gasteiger partial charge in [0.1, 0.15) is 0 Å². The van der Waals surface area contributed by atoms with Gasteiger partial charge in [0, 0.05) is 39.3 Å². The average Bonchev–Trinajstić information content (AvgIpc) is 0.867. The van der Waals surface area contributed by atoms with E-state index in [2.05, 4.69) is 325 Å². The van der Waals surface area contributed by atoms with Crippen LogP contribution < -0.4 is 0 Å². The summed E-state index contributed by atoms with van der Waals surface area (Å²) in [6, 6.07) is 73.3. The van der Waals surface area contributed by atoms with Gasteiger partial charge in [0.15, 0.2) is 0 Å². The quantitative estimate of drug-likeness (QED) is 0.0600. The molecule has 4 heterocycles. The van der Waals surface area contributed by atoms with Crippen LogP contribution in [-0.4, -0.2) is 85.2 Å². The van der Waals surface area contributed by atoms with Crippen LogP contribution in [0.3, 0.4) is 0 Å². The predicted molar refractivity (Wildman–Crippen MR) is 650 cm³/mol. The van der Waals surface area contributed by atoms with E-state index in [0.717, 1.165) is 76.2 Å². The van der Waals surface area contributed by atoms with Crippen LogP contribution in [0, 0.1) is 23.7 Å². The molecule has 0 spiro atoms. The smallest absolute Gasteiger partial charge is 0.0594 e. The van der Waals surface area contributed by atoms with E-state index < -0.39 is 0 Å². The topological polar surface area (TPSA) is 22.2 Å². The first kappa shape index (κ1) is 136. The summed E-state index contributed by atoms with van der Waals surface area (Å²) < 4.78 is 5.36. The van der Waals surface area contributed by atoms with Crippen LogP contribution in [0.15, 0.2) is 194 Å². The first-order valence-corrected chi connectivity index (χ1v) is 61.2. The lowest BCUT2D eigenvalue weighted by Crippen LogP contribution is -2.35. The third-order valence-electron chi connectivity index (χ3n) is 29.1. The molecule has 5 heteroatoms. The molecule has 0 N–H and O–H groups in total. The van der Waals surface area contributed by atoms with Crippen LogP contribution in [0.4, 0.5) is 0 Å². The molecule has 0 aromatic heterocycles. The molecule has 4 saturated heterocycles. The summed E-state index contributed by atoms with van der Waals surface area (Å²) in [7, 11) is 0. The fourth-order valence-electron chi connectivity index (χ4n) is 20.4. The second kappa shape index (κ2) is 87.3. The van der Waals surface area contributed by atoms with Gasteiger partial charge in [-0.1, -0.05) is 563 Å². The molecule has 8 aliphatic rings. The van der Waals surface area contributed by atoms with Crippen LogP contribution in [0.25, 0.3) is 0 Å². The Kier molecular flexibility index (Phi) is 82.2. The van der Waals surface area contributed by atoms with Crippen molar-refractivity contribution in [3.05, 3.63) is 283 Å². The monoisotopic (exact) mass is 1980 g/mol. The van der Waals surface area contributed by atoms with Crippen molar-refractivity contribution in [2.24, 2.45) is 23.7 Å². The normalized spacial score (nSPS) is 16.3. The molecule has 8 aromatic rings. The molecule has 0 radical (unpaired) electrons. The van der Waals surface area contributed by atoms with Gasteiger partial charge in [0.2, 0.25) is 0 Å². The third-order valence-corrected chi connectivity index (χ3v) is 29.1. The minimum absolute atomic E-state index is 0.615. The first-order valence-electron chi connectivity index (χ1n) is 61.2. The molecule has 0 bridgehead atoms. The van der Waals surface area contributed by atoms with E-state index in [9.17, 15) is 0 Å². The number of hydrogen-bond acceptors (Lipinski definition) is 5. The van der Waals surface area contributed by atoms with Gasteiger partial charge in [-0.3, -0.25) is 19.6 Å². The van der Waals surface area contributed by atoms with Gasteiger partial charge in [-0.2, -0.15) is 0 Å². The standard InChI is InChI=1S/4C16H24.3C15H23N.C14H21NO.8C2H6/c2*1-13(2)16-10-6-9-15(12-16)11-14-7-4-3-5-8-14;2*1-13(2)16-10-8-15(9-11-16)12-14-6-4-3-5-7-14;2*1-13(2)15-8-6-14(7-9-15)12-16-10-4-3-5-11-16;1-13(2)15-8-6-7-14(11-15)12-16-9-4-3-5-10-16;1-12(2)14-5-3-4-13(10-14)11-15-6-8-16-9-7-15;8*1-2/h2*6,9-10,12-14H,3-5,7-8,11H2,1-2H3;2*8-11,13-14H,3-7,12H2,1-2H3;2*6-9,13H,3-5,10-12H2,1-2H3;6-8,11,13H,3-5,9-10,12H2,1-2H3;3-5,10,12H,6-9,11H2,1-2H3;8*1-2H3. The van der Waals surface area contributed by atoms with Crippen molar-refractivity contribution in [2.45, 2.75) is 507 Å². The summed E-state index contributed by atoms with van der Waals surface area (Å²) in [5.41, 5.74) is 23.7. The fraction of sp³-hybridized carbons (Fsp3) is 0.655. The van der Waals surface area contributed by atoms with Gasteiger partial charge >= 0.3 is 0 Å². The summed E-state index contributed by atoms with van der Waals surface area (Å²) >= 11 is 0. The van der Waals surface area contributed by atoms with E-state index in [4.69, 9.17) is 4.74 Å². The van der Waals surface area contributed by atoms with Crippen LogP contribution in [-0.2, 0) is 56.6 Å². The fourth-order valence-corrected chi connectivity index (χ4v) is 20.4. The van der Waals surface area contributed by atoms with E-state index in [-0.39, 0.29) is 0 Å². The molecule has 816 valence electrons. The van der Waals surface area contributed by atoms with Crippen molar-refractivity contribution in [3.8, 4) is 0 Å². The maximum Gasteiger partial charge on any atom is 0.0594 e. The number of likely N-dealkylation sites (tertiary alicyclic amines) is 3. The SMILES string of the molecule is CC.CC.CC.CC.CC.CC.CC.CC.CC(C)c1ccc(CC2CCCCC2)cc1.CC(C)c1ccc(CC2CCCCC2)cc1.CC(C)c1ccc(CN2CCCCC2)cc1.CC(C)c1ccc(CN2CCCCC2)cc1.CC(C)c1cccc(CC2CCCCC2)c1.CC(C)c1cccc(CC2CCCCC2)c1.CC(C)c1cccc(CN2CCCCC2)c1.CC(C)c1cccc(CN2CCOCC2)c1. The molecule has 4 saturated carbocycles. The van der Waals surface area contributed by atoms with E-state index in [1.807, 2.05) is 111 Å². The van der Waals surface area contributed by atoms with Gasteiger partial charge in [-0.15, -0.1) is 0 Å². The van der Waals surface area contributed by atoms with Gasteiger partial charge < -0.3 is 4.74 Å². The van der Waals surface area contributed by atoms with Crippen LogP contribution in [0.1, 0.15) is 544 Å². The highest BCUT2D eigenvalue weighted by molar-refractivity contribution is 5.32. The zero-order valence-electron chi connectivity index (χ0n) is 101. The van der Waals surface area contributed by atoms with E-state index in [1.54, 1.807) is 11.1 Å². The Morgan fingerprint density at radius 1 is 0.181 bits per heavy atom. The second-order valence-corrected chi connectivity index (χ2v) is 42.9. The highest BCUT2D eigenvalue weighted by atomic mass is 16.5. The first-order chi connectivity index (χ1) is 70.0. The number of hydrogen-bond donors (Lipinski definition) is 0. The zero-order chi connectivity index (χ0) is 107. The number of ether oxygens (including phenoxy) is 1. The van der Waals surface area contributed by atoms with E-state index >= 15 is 0 Å².